The first kappa shape index (κ1) is 20.0. The van der Waals surface area contributed by atoms with Crippen LogP contribution in [0.15, 0.2) is 89.9 Å². The Balaban J connectivity index is 1.54. The molecule has 0 aromatic heterocycles. The molecule has 0 amide bonds. The molecule has 0 heterocycles. The first-order chi connectivity index (χ1) is 14.7. The molecule has 0 atom stereocenters. The Morgan fingerprint density at radius 2 is 1.67 bits per heavy atom. The van der Waals surface area contributed by atoms with Crippen LogP contribution in [-0.4, -0.2) is 12.8 Å². The van der Waals surface area contributed by atoms with Crippen molar-refractivity contribution in [1.29, 1.82) is 0 Å². The first-order valence-electron chi connectivity index (χ1n) is 9.89. The third-order valence-electron chi connectivity index (χ3n) is 4.74. The van der Waals surface area contributed by atoms with E-state index in [0.717, 1.165) is 28.3 Å². The minimum Gasteiger partial charge on any atom is -0.494 e. The molecule has 0 aliphatic rings. The molecule has 30 heavy (non-hydrogen) atoms. The quantitative estimate of drug-likeness (QED) is 0.298. The average molecular weight is 416 g/mol. The van der Waals surface area contributed by atoms with Crippen LogP contribution < -0.4 is 9.47 Å². The van der Waals surface area contributed by atoms with Crippen LogP contribution >= 0.6 is 11.6 Å². The summed E-state index contributed by atoms with van der Waals surface area (Å²) >= 11 is 6.22. The van der Waals surface area contributed by atoms with E-state index in [4.69, 9.17) is 21.1 Å². The summed E-state index contributed by atoms with van der Waals surface area (Å²) in [5, 5.41) is 3.03. The normalized spacial score (nSPS) is 11.1. The summed E-state index contributed by atoms with van der Waals surface area (Å²) in [6.45, 7) is 3.07. The summed E-state index contributed by atoms with van der Waals surface area (Å²) in [5.41, 5.74) is 2.80. The number of halogens is 1. The summed E-state index contributed by atoms with van der Waals surface area (Å²) in [5.74, 6) is 1.57. The third kappa shape index (κ3) is 4.81. The molecule has 4 aromatic rings. The molecule has 0 saturated heterocycles. The van der Waals surface area contributed by atoms with Crippen molar-refractivity contribution < 1.29 is 9.47 Å². The van der Waals surface area contributed by atoms with Crippen molar-refractivity contribution in [2.75, 3.05) is 6.61 Å². The summed E-state index contributed by atoms with van der Waals surface area (Å²) < 4.78 is 11.6. The fourth-order valence-electron chi connectivity index (χ4n) is 3.26. The maximum Gasteiger partial charge on any atom is 0.128 e. The summed E-state index contributed by atoms with van der Waals surface area (Å²) in [7, 11) is 0. The van der Waals surface area contributed by atoms with E-state index >= 15 is 0 Å². The molecule has 4 aromatic carbocycles. The van der Waals surface area contributed by atoms with Crippen molar-refractivity contribution in [1.82, 2.24) is 0 Å². The molecule has 0 unspecified atom stereocenters. The van der Waals surface area contributed by atoms with Gasteiger partial charge in [-0.3, -0.25) is 4.99 Å². The summed E-state index contributed by atoms with van der Waals surface area (Å²) in [4.78, 5) is 4.57. The van der Waals surface area contributed by atoms with Crippen LogP contribution in [0, 0.1) is 0 Å². The molecule has 0 bridgehead atoms. The highest BCUT2D eigenvalue weighted by Gasteiger charge is 2.06. The predicted octanol–water partition coefficient (Wildman–Crippen LogP) is 7.22. The molecule has 4 rings (SSSR count). The van der Waals surface area contributed by atoms with Gasteiger partial charge >= 0.3 is 0 Å². The van der Waals surface area contributed by atoms with Crippen molar-refractivity contribution >= 4 is 34.3 Å². The van der Waals surface area contributed by atoms with E-state index in [0.29, 0.717) is 18.2 Å². The minimum absolute atomic E-state index is 0.465. The van der Waals surface area contributed by atoms with Gasteiger partial charge in [0.25, 0.3) is 0 Å². The molecule has 0 aliphatic carbocycles. The number of rotatable bonds is 7. The molecule has 0 saturated carbocycles. The van der Waals surface area contributed by atoms with Crippen molar-refractivity contribution in [2.24, 2.45) is 4.99 Å². The molecule has 0 N–H and O–H groups in total. The fraction of sp³-hybridized carbons (Fsp3) is 0.115. The van der Waals surface area contributed by atoms with Crippen molar-refractivity contribution in [2.45, 2.75) is 13.5 Å². The van der Waals surface area contributed by atoms with Crippen molar-refractivity contribution in [3.63, 3.8) is 0 Å². The topological polar surface area (TPSA) is 30.8 Å². The number of nitrogens with zero attached hydrogens (tertiary/aromatic N) is 1. The lowest BCUT2D eigenvalue weighted by Gasteiger charge is -2.11. The van der Waals surface area contributed by atoms with Gasteiger partial charge in [0, 0.05) is 16.8 Å². The minimum atomic E-state index is 0.465. The lowest BCUT2D eigenvalue weighted by atomic mass is 10.1. The van der Waals surface area contributed by atoms with Gasteiger partial charge < -0.3 is 9.47 Å². The van der Waals surface area contributed by atoms with Gasteiger partial charge in [0.05, 0.1) is 12.3 Å². The van der Waals surface area contributed by atoms with Crippen molar-refractivity contribution in [3.8, 4) is 11.5 Å². The number of ether oxygens (including phenoxy) is 2. The van der Waals surface area contributed by atoms with E-state index in [9.17, 15) is 0 Å². The van der Waals surface area contributed by atoms with Crippen LogP contribution in [-0.2, 0) is 6.61 Å². The smallest absolute Gasteiger partial charge is 0.128 e. The van der Waals surface area contributed by atoms with Gasteiger partial charge in [-0.1, -0.05) is 54.1 Å². The Bertz CT molecular complexity index is 1160. The molecular weight excluding hydrogens is 394 g/mol. The second-order valence-corrected chi connectivity index (χ2v) is 7.23. The van der Waals surface area contributed by atoms with E-state index in [1.807, 2.05) is 61.5 Å². The third-order valence-corrected chi connectivity index (χ3v) is 4.97. The Labute approximate surface area is 181 Å². The molecular formula is C26H22ClNO2. The largest absolute Gasteiger partial charge is 0.494 e. The van der Waals surface area contributed by atoms with Crippen LogP contribution in [0.4, 0.5) is 5.69 Å². The molecule has 0 aliphatic heterocycles. The average Bonchev–Trinajstić information content (AvgIpc) is 2.78. The Morgan fingerprint density at radius 3 is 2.50 bits per heavy atom. The molecule has 150 valence electrons. The number of aliphatic imine (C=N–C) groups is 1. The van der Waals surface area contributed by atoms with E-state index < -0.39 is 0 Å². The van der Waals surface area contributed by atoms with Crippen LogP contribution in [0.5, 0.6) is 11.5 Å². The van der Waals surface area contributed by atoms with Gasteiger partial charge in [0.1, 0.15) is 18.1 Å². The predicted molar refractivity (Wildman–Crippen MR) is 125 cm³/mol. The van der Waals surface area contributed by atoms with Crippen LogP contribution in [0.3, 0.4) is 0 Å². The highest BCUT2D eigenvalue weighted by atomic mass is 35.5. The van der Waals surface area contributed by atoms with E-state index in [1.165, 1.54) is 10.8 Å². The van der Waals surface area contributed by atoms with E-state index in [-0.39, 0.29) is 0 Å². The van der Waals surface area contributed by atoms with Gasteiger partial charge in [0.2, 0.25) is 0 Å². The Morgan fingerprint density at radius 1 is 0.867 bits per heavy atom. The highest BCUT2D eigenvalue weighted by Crippen LogP contribution is 2.26. The zero-order valence-corrected chi connectivity index (χ0v) is 17.5. The SMILES string of the molecule is CCOc1ccc(N=Cc2cc(Cl)ccc2OCc2cccc3ccccc23)cc1. The molecule has 4 heteroatoms. The Hall–Kier alpha value is -3.30. The standard InChI is InChI=1S/C26H22ClNO2/c1-2-29-24-13-11-23(12-14-24)28-17-21-16-22(27)10-15-26(21)30-18-20-8-5-7-19-6-3-4-9-25(19)20/h3-17H,2,18H2,1H3. The number of benzene rings is 4. The monoisotopic (exact) mass is 415 g/mol. The zero-order chi connectivity index (χ0) is 20.8. The van der Waals surface area contributed by atoms with Crippen molar-refractivity contribution in [3.05, 3.63) is 101 Å². The number of fused-ring (bicyclic) bond motifs is 1. The van der Waals surface area contributed by atoms with Crippen LogP contribution in [0.1, 0.15) is 18.1 Å². The molecule has 3 nitrogen and oxygen atoms in total. The molecule has 0 fully saturated rings. The van der Waals surface area contributed by atoms with Crippen LogP contribution in [0.25, 0.3) is 10.8 Å². The lowest BCUT2D eigenvalue weighted by molar-refractivity contribution is 0.307. The second-order valence-electron chi connectivity index (χ2n) is 6.79. The molecule has 0 radical (unpaired) electrons. The van der Waals surface area contributed by atoms with Gasteiger partial charge in [-0.05, 0) is 65.7 Å². The second kappa shape index (κ2) is 9.47. The highest BCUT2D eigenvalue weighted by molar-refractivity contribution is 6.30. The van der Waals surface area contributed by atoms with E-state index in [1.54, 1.807) is 6.21 Å². The Kier molecular flexibility index (Phi) is 6.31. The maximum absolute atomic E-state index is 6.22. The summed E-state index contributed by atoms with van der Waals surface area (Å²) in [6.07, 6.45) is 1.78. The lowest BCUT2D eigenvalue weighted by Crippen LogP contribution is -1.99. The zero-order valence-electron chi connectivity index (χ0n) is 16.7. The summed E-state index contributed by atoms with van der Waals surface area (Å²) in [6, 6.07) is 27.8. The number of hydrogen-bond donors (Lipinski definition) is 0. The van der Waals surface area contributed by atoms with Crippen LogP contribution in [0.2, 0.25) is 5.02 Å². The molecule has 0 spiro atoms. The number of hydrogen-bond acceptors (Lipinski definition) is 3. The first-order valence-corrected chi connectivity index (χ1v) is 10.3. The van der Waals surface area contributed by atoms with Gasteiger partial charge in [-0.2, -0.15) is 0 Å². The van der Waals surface area contributed by atoms with Gasteiger partial charge in [-0.25, -0.2) is 0 Å². The fourth-order valence-corrected chi connectivity index (χ4v) is 3.45. The van der Waals surface area contributed by atoms with Gasteiger partial charge in [0.15, 0.2) is 0 Å². The maximum atomic E-state index is 6.22. The van der Waals surface area contributed by atoms with E-state index in [2.05, 4.69) is 35.3 Å². The van der Waals surface area contributed by atoms with Gasteiger partial charge in [-0.15, -0.1) is 0 Å².